The van der Waals surface area contributed by atoms with Gasteiger partial charge in [-0.25, -0.2) is 0 Å². The maximum absolute atomic E-state index is 4.75. The summed E-state index contributed by atoms with van der Waals surface area (Å²) in [6, 6.07) is 2.66. The first-order valence-corrected chi connectivity index (χ1v) is 9.83. The van der Waals surface area contributed by atoms with Gasteiger partial charge in [-0.05, 0) is 62.5 Å². The monoisotopic (exact) mass is 334 g/mol. The first kappa shape index (κ1) is 18.1. The lowest BCUT2D eigenvalue weighted by Crippen LogP contribution is -2.42. The molecule has 1 aliphatic rings. The van der Waals surface area contributed by atoms with E-state index in [1.807, 2.05) is 12.4 Å². The zero-order valence-electron chi connectivity index (χ0n) is 14.6. The van der Waals surface area contributed by atoms with Gasteiger partial charge in [0.25, 0.3) is 0 Å². The van der Waals surface area contributed by atoms with Gasteiger partial charge in [0.2, 0.25) is 0 Å². The van der Waals surface area contributed by atoms with Gasteiger partial charge in [0.05, 0.1) is 0 Å². The summed E-state index contributed by atoms with van der Waals surface area (Å²) in [5.41, 5.74) is 2.58. The molecule has 1 saturated carbocycles. The molecule has 1 aromatic rings. The molecule has 1 aliphatic carbocycles. The molecule has 0 saturated heterocycles. The van der Waals surface area contributed by atoms with Crippen molar-refractivity contribution < 1.29 is 0 Å². The van der Waals surface area contributed by atoms with Crippen LogP contribution in [0.4, 0.5) is 0 Å². The van der Waals surface area contributed by atoms with Crippen LogP contribution in [-0.2, 0) is 6.42 Å². The van der Waals surface area contributed by atoms with Crippen molar-refractivity contribution in [2.75, 3.05) is 18.8 Å². The van der Waals surface area contributed by atoms with Gasteiger partial charge < -0.3 is 10.6 Å². The third-order valence-electron chi connectivity index (χ3n) is 4.26. The third kappa shape index (κ3) is 6.05. The van der Waals surface area contributed by atoms with E-state index in [-0.39, 0.29) is 0 Å². The van der Waals surface area contributed by atoms with Crippen LogP contribution in [0.15, 0.2) is 23.5 Å². The number of aromatic nitrogens is 1. The summed E-state index contributed by atoms with van der Waals surface area (Å²) in [4.78, 5) is 8.90. The Kier molecular flexibility index (Phi) is 7.72. The van der Waals surface area contributed by atoms with E-state index in [4.69, 9.17) is 4.99 Å². The Labute approximate surface area is 145 Å². The third-order valence-corrected chi connectivity index (χ3v) is 5.49. The summed E-state index contributed by atoms with van der Waals surface area (Å²) in [5, 5.41) is 7.82. The van der Waals surface area contributed by atoms with Crippen LogP contribution in [0, 0.1) is 6.92 Å². The molecule has 0 aromatic carbocycles. The van der Waals surface area contributed by atoms with Crippen molar-refractivity contribution in [2.45, 2.75) is 57.7 Å². The molecule has 1 aromatic heterocycles. The number of aryl methyl sites for hydroxylation is 1. The molecule has 5 heteroatoms. The van der Waals surface area contributed by atoms with E-state index in [1.165, 1.54) is 36.1 Å². The molecule has 4 nitrogen and oxygen atoms in total. The maximum Gasteiger partial charge on any atom is 0.191 e. The molecule has 128 valence electrons. The maximum atomic E-state index is 4.75. The smallest absolute Gasteiger partial charge is 0.191 e. The quantitative estimate of drug-likeness (QED) is 0.594. The van der Waals surface area contributed by atoms with Crippen LogP contribution in [0.5, 0.6) is 0 Å². The van der Waals surface area contributed by atoms with Crippen molar-refractivity contribution in [2.24, 2.45) is 4.99 Å². The Balaban J connectivity index is 1.84. The summed E-state index contributed by atoms with van der Waals surface area (Å²) < 4.78 is 0. The van der Waals surface area contributed by atoms with Crippen molar-refractivity contribution in [1.29, 1.82) is 0 Å². The number of rotatable bonds is 7. The molecule has 2 unspecified atom stereocenters. The number of hydrogen-bond acceptors (Lipinski definition) is 3. The lowest BCUT2D eigenvalue weighted by Gasteiger charge is -2.17. The summed E-state index contributed by atoms with van der Waals surface area (Å²) in [6.45, 7) is 8.19. The lowest BCUT2D eigenvalue weighted by molar-refractivity contribution is 0.615. The highest BCUT2D eigenvalue weighted by atomic mass is 32.2. The van der Waals surface area contributed by atoms with Gasteiger partial charge in [0.15, 0.2) is 5.96 Å². The molecule has 2 N–H and O–H groups in total. The van der Waals surface area contributed by atoms with Crippen LogP contribution in [-0.4, -0.2) is 41.1 Å². The number of aliphatic imine (C=N–C) groups is 1. The van der Waals surface area contributed by atoms with E-state index in [0.717, 1.165) is 30.7 Å². The number of pyridine rings is 1. The van der Waals surface area contributed by atoms with E-state index < -0.39 is 0 Å². The van der Waals surface area contributed by atoms with Crippen LogP contribution in [0.3, 0.4) is 0 Å². The molecule has 0 aliphatic heterocycles. The van der Waals surface area contributed by atoms with Crippen LogP contribution in [0.2, 0.25) is 0 Å². The highest BCUT2D eigenvalue weighted by Crippen LogP contribution is 2.29. The second-order valence-electron chi connectivity index (χ2n) is 6.04. The van der Waals surface area contributed by atoms with Gasteiger partial charge in [-0.2, -0.15) is 11.8 Å². The van der Waals surface area contributed by atoms with Gasteiger partial charge in [0, 0.05) is 36.8 Å². The summed E-state index contributed by atoms with van der Waals surface area (Å²) >= 11 is 2.09. The Morgan fingerprint density at radius 1 is 1.39 bits per heavy atom. The molecule has 23 heavy (non-hydrogen) atoms. The Morgan fingerprint density at radius 2 is 2.26 bits per heavy atom. The number of nitrogens with one attached hydrogen (secondary N) is 2. The summed E-state index contributed by atoms with van der Waals surface area (Å²) in [7, 11) is 0. The van der Waals surface area contributed by atoms with Crippen molar-refractivity contribution in [1.82, 2.24) is 15.6 Å². The average molecular weight is 335 g/mol. The average Bonchev–Trinajstić information content (AvgIpc) is 2.97. The molecule has 0 radical (unpaired) electrons. The van der Waals surface area contributed by atoms with Crippen LogP contribution in [0.1, 0.15) is 44.2 Å². The second kappa shape index (κ2) is 9.81. The summed E-state index contributed by atoms with van der Waals surface area (Å²) in [5.74, 6) is 2.18. The molecule has 0 amide bonds. The second-order valence-corrected chi connectivity index (χ2v) is 7.62. The Hall–Kier alpha value is -1.23. The molecule has 0 spiro atoms. The first-order valence-electron chi connectivity index (χ1n) is 8.78. The Morgan fingerprint density at radius 3 is 3.00 bits per heavy atom. The molecular weight excluding hydrogens is 304 g/mol. The number of hydrogen-bond donors (Lipinski definition) is 2. The highest BCUT2D eigenvalue weighted by molar-refractivity contribution is 7.99. The minimum Gasteiger partial charge on any atom is -0.357 e. The molecular formula is C18H30N4S. The molecule has 2 rings (SSSR count). The van der Waals surface area contributed by atoms with Gasteiger partial charge in [-0.15, -0.1) is 0 Å². The van der Waals surface area contributed by atoms with Crippen LogP contribution < -0.4 is 10.6 Å². The summed E-state index contributed by atoms with van der Waals surface area (Å²) in [6.07, 6.45) is 8.58. The fraction of sp³-hybridized carbons (Fsp3) is 0.667. The minimum atomic E-state index is 0.569. The topological polar surface area (TPSA) is 49.3 Å². The van der Waals surface area contributed by atoms with Crippen molar-refractivity contribution in [3.05, 3.63) is 29.6 Å². The highest BCUT2D eigenvalue weighted by Gasteiger charge is 2.24. The van der Waals surface area contributed by atoms with E-state index in [1.54, 1.807) is 0 Å². The van der Waals surface area contributed by atoms with Gasteiger partial charge in [-0.3, -0.25) is 9.98 Å². The molecule has 1 fully saturated rings. The fourth-order valence-electron chi connectivity index (χ4n) is 3.04. The van der Waals surface area contributed by atoms with Crippen LogP contribution in [0.25, 0.3) is 0 Å². The van der Waals surface area contributed by atoms with Crippen LogP contribution >= 0.6 is 11.8 Å². The van der Waals surface area contributed by atoms with Gasteiger partial charge in [-0.1, -0.05) is 6.92 Å². The normalized spacial score (nSPS) is 21.4. The number of guanidine groups is 1. The first-order chi connectivity index (χ1) is 11.2. The number of nitrogens with zero attached hydrogens (tertiary/aromatic N) is 2. The molecule has 0 bridgehead atoms. The number of thioether (sulfide) groups is 1. The van der Waals surface area contributed by atoms with E-state index in [0.29, 0.717) is 6.04 Å². The predicted octanol–water partition coefficient (Wildman–Crippen LogP) is 3.16. The SMILES string of the molecule is CCNC(=NCCc1ccncc1C)NC1CCC(SCC)C1. The van der Waals surface area contributed by atoms with Gasteiger partial charge in [0.1, 0.15) is 0 Å². The lowest BCUT2D eigenvalue weighted by atomic mass is 10.1. The minimum absolute atomic E-state index is 0.569. The van der Waals surface area contributed by atoms with Gasteiger partial charge >= 0.3 is 0 Å². The van der Waals surface area contributed by atoms with E-state index in [2.05, 4.69) is 54.2 Å². The van der Waals surface area contributed by atoms with Crippen molar-refractivity contribution >= 4 is 17.7 Å². The zero-order chi connectivity index (χ0) is 16.5. The zero-order valence-corrected chi connectivity index (χ0v) is 15.5. The fourth-order valence-corrected chi connectivity index (χ4v) is 4.19. The molecule has 2 atom stereocenters. The van der Waals surface area contributed by atoms with E-state index in [9.17, 15) is 0 Å². The van der Waals surface area contributed by atoms with E-state index >= 15 is 0 Å². The molecule has 1 heterocycles. The standard InChI is InChI=1S/C18H30N4S/c1-4-20-18(22-16-6-7-17(12-16)23-5-2)21-11-9-15-8-10-19-13-14(15)3/h8,10,13,16-17H,4-7,9,11-12H2,1-3H3,(H2,20,21,22). The Bertz CT molecular complexity index is 504. The van der Waals surface area contributed by atoms with Crippen molar-refractivity contribution in [3.8, 4) is 0 Å². The predicted molar refractivity (Wildman–Crippen MR) is 101 cm³/mol. The largest absolute Gasteiger partial charge is 0.357 e. The van der Waals surface area contributed by atoms with Crippen molar-refractivity contribution in [3.63, 3.8) is 0 Å².